The number of aromatic amines is 2. The van der Waals surface area contributed by atoms with Crippen molar-refractivity contribution in [2.75, 3.05) is 27.2 Å². The fourth-order valence-electron chi connectivity index (χ4n) is 11.6. The van der Waals surface area contributed by atoms with Crippen molar-refractivity contribution >= 4 is 51.4 Å². The number of nitrogens with one attached hydrogen (secondary N) is 6. The molecule has 2 aliphatic carbocycles. The topological polar surface area (TPSA) is 181 Å². The standard InChI is InChI=1S/C52H69F3N8O6/c1-28(56-4)49(65)60-45(31-12-8-6-9-13-31)51(67)62-26-35(55)20-36(62)24-41-39-18-16-33(53)21-43(39)58-47(41)48-42(40-19-17-34(54)22-44(40)59-48)25-37-23-38(69-30(3)64)27-63(37)52(68)46(32-14-10-7-11-15-32)61-50(66)29(2)57-5/h16-19,21-22,28-29,31-32,35-38,45-46,56-59H,6-15,20,23-27H2,1-5H3,(H,60,65)(H,61,66)/t28-,29-,35-,36-,37-,38-,45-,46-/m0/s1. The van der Waals surface area contributed by atoms with Crippen LogP contribution in [0.2, 0.25) is 0 Å². The lowest BCUT2D eigenvalue weighted by molar-refractivity contribution is -0.147. The molecular formula is C52H69F3N8O6. The molecule has 0 bridgehead atoms. The minimum Gasteiger partial charge on any atom is -0.461 e. The first-order valence-corrected chi connectivity index (χ1v) is 25.1. The maximum Gasteiger partial charge on any atom is 0.302 e. The van der Waals surface area contributed by atoms with Gasteiger partial charge in [-0.25, -0.2) is 13.2 Å². The highest BCUT2D eigenvalue weighted by atomic mass is 19.1. The molecule has 4 aliphatic rings. The third-order valence-electron chi connectivity index (χ3n) is 15.5. The summed E-state index contributed by atoms with van der Waals surface area (Å²) in [6.45, 7) is 4.76. The van der Waals surface area contributed by atoms with E-state index in [0.29, 0.717) is 50.7 Å². The first kappa shape index (κ1) is 50.0. The number of nitrogens with zero attached hydrogens (tertiary/aromatic N) is 2. The van der Waals surface area contributed by atoms with Gasteiger partial charge in [0.1, 0.15) is 36.0 Å². The van der Waals surface area contributed by atoms with Crippen LogP contribution in [0.5, 0.6) is 0 Å². The Kier molecular flexibility index (Phi) is 15.7. The van der Waals surface area contributed by atoms with Gasteiger partial charge in [0.15, 0.2) is 0 Å². The Bertz CT molecular complexity index is 2520. The summed E-state index contributed by atoms with van der Waals surface area (Å²) in [6.07, 6.45) is 7.68. The maximum absolute atomic E-state index is 15.9. The van der Waals surface area contributed by atoms with Crippen LogP contribution in [0.3, 0.4) is 0 Å². The van der Waals surface area contributed by atoms with Gasteiger partial charge in [0, 0.05) is 53.7 Å². The van der Waals surface area contributed by atoms with Crippen molar-refractivity contribution in [1.82, 2.24) is 41.0 Å². The second kappa shape index (κ2) is 21.7. The smallest absolute Gasteiger partial charge is 0.302 e. The Morgan fingerprint density at radius 1 is 0.667 bits per heavy atom. The van der Waals surface area contributed by atoms with Crippen molar-refractivity contribution in [3.8, 4) is 11.4 Å². The number of fused-ring (bicyclic) bond motifs is 2. The number of halogens is 3. The molecule has 4 amide bonds. The number of carbonyl (C=O) groups excluding carboxylic acids is 5. The number of ether oxygens (including phenoxy) is 1. The van der Waals surface area contributed by atoms with Crippen LogP contribution >= 0.6 is 0 Å². The molecule has 4 aromatic rings. The van der Waals surface area contributed by atoms with Crippen LogP contribution in [0.4, 0.5) is 13.2 Å². The maximum atomic E-state index is 15.9. The molecule has 2 aliphatic heterocycles. The molecule has 14 nitrogen and oxygen atoms in total. The second-order valence-corrected chi connectivity index (χ2v) is 20.1. The van der Waals surface area contributed by atoms with Gasteiger partial charge in [-0.2, -0.15) is 0 Å². The Balaban J connectivity index is 1.19. The molecule has 2 aromatic carbocycles. The van der Waals surface area contributed by atoms with E-state index < -0.39 is 66.1 Å². The second-order valence-electron chi connectivity index (χ2n) is 20.1. The summed E-state index contributed by atoms with van der Waals surface area (Å²) in [5, 5.41) is 13.4. The number of amides is 4. The highest BCUT2D eigenvalue weighted by molar-refractivity contribution is 5.97. The van der Waals surface area contributed by atoms with Gasteiger partial charge in [-0.15, -0.1) is 0 Å². The zero-order chi connectivity index (χ0) is 49.1. The van der Waals surface area contributed by atoms with E-state index in [0.717, 1.165) is 64.2 Å². The van der Waals surface area contributed by atoms with E-state index in [9.17, 15) is 19.2 Å². The van der Waals surface area contributed by atoms with Crippen LogP contribution in [0, 0.1) is 23.5 Å². The van der Waals surface area contributed by atoms with Crippen LogP contribution in [-0.4, -0.2) is 125 Å². The van der Waals surface area contributed by atoms with Gasteiger partial charge < -0.3 is 45.8 Å². The zero-order valence-electron chi connectivity index (χ0n) is 40.5. The lowest BCUT2D eigenvalue weighted by Crippen LogP contribution is -2.56. The van der Waals surface area contributed by atoms with E-state index in [1.807, 2.05) is 0 Å². The van der Waals surface area contributed by atoms with Crippen LogP contribution in [0.25, 0.3) is 33.2 Å². The number of hydrogen-bond donors (Lipinski definition) is 6. The van der Waals surface area contributed by atoms with E-state index in [4.69, 9.17) is 4.74 Å². The Labute approximate surface area is 402 Å². The third kappa shape index (κ3) is 11.0. The van der Waals surface area contributed by atoms with E-state index >= 15 is 18.0 Å². The number of carbonyl (C=O) groups is 5. The Morgan fingerprint density at radius 3 is 1.54 bits per heavy atom. The molecule has 4 heterocycles. The number of aromatic nitrogens is 2. The molecule has 8 rings (SSSR count). The molecule has 374 valence electrons. The fraction of sp³-hybridized carbons (Fsp3) is 0.596. The van der Waals surface area contributed by atoms with Gasteiger partial charge in [-0.3, -0.25) is 24.0 Å². The van der Waals surface area contributed by atoms with Crippen molar-refractivity contribution in [1.29, 1.82) is 0 Å². The predicted octanol–water partition coefficient (Wildman–Crippen LogP) is 6.50. The van der Waals surface area contributed by atoms with Crippen LogP contribution in [0.15, 0.2) is 36.4 Å². The molecule has 0 radical (unpaired) electrons. The number of benzene rings is 2. The molecule has 0 spiro atoms. The fourth-order valence-corrected chi connectivity index (χ4v) is 11.6. The van der Waals surface area contributed by atoms with E-state index in [1.54, 1.807) is 49.9 Å². The van der Waals surface area contributed by atoms with Crippen molar-refractivity contribution in [3.05, 3.63) is 59.2 Å². The minimum absolute atomic E-state index is 0.0462. The molecule has 17 heteroatoms. The molecule has 69 heavy (non-hydrogen) atoms. The summed E-state index contributed by atoms with van der Waals surface area (Å²) in [7, 11) is 3.36. The lowest BCUT2D eigenvalue weighted by atomic mass is 9.83. The number of alkyl halides is 1. The van der Waals surface area contributed by atoms with E-state index in [2.05, 4.69) is 31.2 Å². The first-order valence-electron chi connectivity index (χ1n) is 25.1. The van der Waals surface area contributed by atoms with Crippen LogP contribution in [-0.2, 0) is 41.6 Å². The molecule has 4 fully saturated rings. The first-order chi connectivity index (χ1) is 33.1. The van der Waals surface area contributed by atoms with Gasteiger partial charge in [0.25, 0.3) is 0 Å². The van der Waals surface area contributed by atoms with Crippen LogP contribution < -0.4 is 21.3 Å². The summed E-state index contributed by atoms with van der Waals surface area (Å²) >= 11 is 0. The van der Waals surface area contributed by atoms with Crippen LogP contribution in [0.1, 0.15) is 109 Å². The van der Waals surface area contributed by atoms with Gasteiger partial charge >= 0.3 is 5.97 Å². The number of hydrogen-bond acceptors (Lipinski definition) is 8. The van der Waals surface area contributed by atoms with E-state index in [1.165, 1.54) is 31.2 Å². The number of rotatable bonds is 16. The highest BCUT2D eigenvalue weighted by Crippen LogP contribution is 2.41. The van der Waals surface area contributed by atoms with Gasteiger partial charge in [0.05, 0.1) is 36.6 Å². The third-order valence-corrected chi connectivity index (χ3v) is 15.5. The average molecular weight is 959 g/mol. The number of esters is 1. The molecular weight excluding hydrogens is 890 g/mol. The van der Waals surface area contributed by atoms with Gasteiger partial charge in [-0.1, -0.05) is 38.5 Å². The summed E-state index contributed by atoms with van der Waals surface area (Å²) in [5.74, 6) is -2.83. The van der Waals surface area contributed by atoms with E-state index in [-0.39, 0.29) is 67.8 Å². The predicted molar refractivity (Wildman–Crippen MR) is 258 cm³/mol. The highest BCUT2D eigenvalue weighted by Gasteiger charge is 2.45. The molecule has 2 saturated carbocycles. The van der Waals surface area contributed by atoms with Gasteiger partial charge in [0.2, 0.25) is 23.6 Å². The van der Waals surface area contributed by atoms with Crippen molar-refractivity contribution in [3.63, 3.8) is 0 Å². The van der Waals surface area contributed by atoms with Gasteiger partial charge in [-0.05, 0) is 126 Å². The minimum atomic E-state index is -1.32. The largest absolute Gasteiger partial charge is 0.461 e. The van der Waals surface area contributed by atoms with Crippen molar-refractivity contribution < 1.29 is 41.9 Å². The lowest BCUT2D eigenvalue weighted by Gasteiger charge is -2.35. The molecule has 6 N–H and O–H groups in total. The van der Waals surface area contributed by atoms with Crippen molar-refractivity contribution in [2.24, 2.45) is 11.8 Å². The normalized spacial score (nSPS) is 23.2. The number of likely N-dealkylation sites (tertiary alicyclic amines) is 2. The molecule has 2 aromatic heterocycles. The summed E-state index contributed by atoms with van der Waals surface area (Å²) in [6, 6.07) is 4.93. The molecule has 8 atom stereocenters. The Hall–Kier alpha value is -5.42. The zero-order valence-corrected chi connectivity index (χ0v) is 40.5. The number of likely N-dealkylation sites (N-methyl/N-ethyl adjacent to an activating group) is 2. The van der Waals surface area contributed by atoms with Crippen molar-refractivity contribution in [2.45, 2.75) is 159 Å². The monoisotopic (exact) mass is 959 g/mol. The molecule has 2 saturated heterocycles. The quantitative estimate of drug-likeness (QED) is 0.0690. The Morgan fingerprint density at radius 2 is 1.10 bits per heavy atom. The summed E-state index contributed by atoms with van der Waals surface area (Å²) in [5.41, 5.74) is 3.43. The summed E-state index contributed by atoms with van der Waals surface area (Å²) in [4.78, 5) is 79.3. The average Bonchev–Trinajstić information content (AvgIpc) is 4.11. The SMILES string of the molecule is CN[C@@H](C)C(=O)N[C@H](C(=O)N1C[C@@H](F)C[C@H]1Cc1c(-c2[nH]c3cc(F)ccc3c2C[C@@H]2C[C@H](OC(C)=O)CN2C(=O)[C@@H](NC(=O)[C@H](C)NC)C2CCCCC2)[nH]c2cc(F)ccc12)C1CCCCC1. The summed E-state index contributed by atoms with van der Waals surface area (Å²) < 4.78 is 51.9. The number of H-pyrrole nitrogens is 2. The molecule has 0 unspecified atom stereocenters.